The Hall–Kier alpha value is -1.36. The Kier molecular flexibility index (Phi) is 8.16. The number of ether oxygens (including phenoxy) is 1. The lowest BCUT2D eigenvalue weighted by atomic mass is 10.2. The van der Waals surface area contributed by atoms with Crippen molar-refractivity contribution >= 4 is 58.1 Å². The van der Waals surface area contributed by atoms with Crippen LogP contribution in [-0.2, 0) is 16.1 Å². The topological polar surface area (TPSA) is 97.5 Å². The third kappa shape index (κ3) is 6.84. The summed E-state index contributed by atoms with van der Waals surface area (Å²) in [6.45, 7) is 3.30. The molecule has 156 valence electrons. The van der Waals surface area contributed by atoms with E-state index in [0.717, 1.165) is 18.7 Å². The number of benzene rings is 1. The summed E-state index contributed by atoms with van der Waals surface area (Å²) in [6, 6.07) is 5.62. The number of nitrogens with one attached hydrogen (secondary N) is 1. The molecule has 0 aliphatic carbocycles. The first-order valence-electron chi connectivity index (χ1n) is 8.83. The first-order chi connectivity index (χ1) is 13.9. The van der Waals surface area contributed by atoms with Crippen LogP contribution in [0.3, 0.4) is 0 Å². The van der Waals surface area contributed by atoms with E-state index in [2.05, 4.69) is 15.2 Å². The molecule has 0 bridgehead atoms. The van der Waals surface area contributed by atoms with E-state index in [-0.39, 0.29) is 23.5 Å². The van der Waals surface area contributed by atoms with Crippen molar-refractivity contribution in [3.8, 4) is 0 Å². The maximum absolute atomic E-state index is 12.1. The molecule has 1 aliphatic rings. The van der Waals surface area contributed by atoms with Gasteiger partial charge in [-0.25, -0.2) is 4.98 Å². The quantitative estimate of drug-likeness (QED) is 0.570. The summed E-state index contributed by atoms with van der Waals surface area (Å²) in [5.74, 6) is -0.473. The summed E-state index contributed by atoms with van der Waals surface area (Å²) < 4.78 is 6.39. The second-order valence-electron chi connectivity index (χ2n) is 6.43. The summed E-state index contributed by atoms with van der Waals surface area (Å²) in [6.07, 6.45) is -0.0817. The zero-order chi connectivity index (χ0) is 20.8. The Morgan fingerprint density at radius 3 is 2.93 bits per heavy atom. The molecule has 29 heavy (non-hydrogen) atoms. The summed E-state index contributed by atoms with van der Waals surface area (Å²) in [7, 11) is 0. The Labute approximate surface area is 186 Å². The SMILES string of the molecule is NC(=O)c1csc(SCC(=O)NCC2CN(Cc3ccc(Cl)c(Cl)c3)CCO2)n1. The molecule has 2 amide bonds. The van der Waals surface area contributed by atoms with Crippen molar-refractivity contribution in [3.05, 3.63) is 44.9 Å². The fourth-order valence-corrected chi connectivity index (χ4v) is 4.75. The molecule has 0 radical (unpaired) electrons. The zero-order valence-electron chi connectivity index (χ0n) is 15.4. The van der Waals surface area contributed by atoms with Crippen LogP contribution in [0.1, 0.15) is 16.1 Å². The summed E-state index contributed by atoms with van der Waals surface area (Å²) >= 11 is 14.6. The predicted octanol–water partition coefficient (Wildman–Crippen LogP) is 2.66. The molecular weight excluding hydrogens is 455 g/mol. The summed E-state index contributed by atoms with van der Waals surface area (Å²) in [5, 5.41) is 5.56. The molecule has 3 N–H and O–H groups in total. The molecule has 1 atom stereocenters. The van der Waals surface area contributed by atoms with Crippen LogP contribution in [0.2, 0.25) is 10.0 Å². The maximum Gasteiger partial charge on any atom is 0.268 e. The lowest BCUT2D eigenvalue weighted by Crippen LogP contribution is -2.47. The largest absolute Gasteiger partial charge is 0.374 e. The lowest BCUT2D eigenvalue weighted by Gasteiger charge is -2.33. The van der Waals surface area contributed by atoms with Gasteiger partial charge in [-0.1, -0.05) is 41.0 Å². The second-order valence-corrected chi connectivity index (χ2v) is 9.33. The van der Waals surface area contributed by atoms with Crippen molar-refractivity contribution in [2.75, 3.05) is 32.0 Å². The molecule has 1 fully saturated rings. The highest BCUT2D eigenvalue weighted by Crippen LogP contribution is 2.24. The molecule has 1 aromatic heterocycles. The fourth-order valence-electron chi connectivity index (χ4n) is 2.79. The van der Waals surface area contributed by atoms with Crippen LogP contribution in [0.4, 0.5) is 0 Å². The molecule has 1 aliphatic heterocycles. The van der Waals surface area contributed by atoms with Crippen LogP contribution in [0.25, 0.3) is 0 Å². The van der Waals surface area contributed by atoms with Gasteiger partial charge < -0.3 is 15.8 Å². The van der Waals surface area contributed by atoms with Crippen molar-refractivity contribution in [2.45, 2.75) is 17.0 Å². The van der Waals surface area contributed by atoms with Crippen LogP contribution < -0.4 is 11.1 Å². The van der Waals surface area contributed by atoms with Crippen molar-refractivity contribution in [1.29, 1.82) is 0 Å². The standard InChI is InChI=1S/C18H20Cl2N4O3S2/c19-13-2-1-11(5-14(13)20)7-24-3-4-27-12(8-24)6-22-16(25)10-29-18-23-15(9-28-18)17(21)26/h1-2,5,9,12H,3-4,6-8,10H2,(H2,21,26)(H,22,25). The van der Waals surface area contributed by atoms with E-state index in [1.807, 2.05) is 12.1 Å². The van der Waals surface area contributed by atoms with Crippen LogP contribution in [0, 0.1) is 0 Å². The highest BCUT2D eigenvalue weighted by atomic mass is 35.5. The van der Waals surface area contributed by atoms with Gasteiger partial charge in [0.2, 0.25) is 5.91 Å². The van der Waals surface area contributed by atoms with E-state index in [1.54, 1.807) is 11.4 Å². The predicted molar refractivity (Wildman–Crippen MR) is 116 cm³/mol. The van der Waals surface area contributed by atoms with E-state index in [1.165, 1.54) is 23.1 Å². The lowest BCUT2D eigenvalue weighted by molar-refractivity contribution is -0.119. The monoisotopic (exact) mass is 474 g/mol. The van der Waals surface area contributed by atoms with Crippen molar-refractivity contribution in [1.82, 2.24) is 15.2 Å². The van der Waals surface area contributed by atoms with Gasteiger partial charge in [0.1, 0.15) is 5.69 Å². The highest BCUT2D eigenvalue weighted by Gasteiger charge is 2.21. The van der Waals surface area contributed by atoms with Crippen LogP contribution in [-0.4, -0.2) is 59.8 Å². The zero-order valence-corrected chi connectivity index (χ0v) is 18.5. The number of halogens is 2. The molecular formula is C18H20Cl2N4O3S2. The third-order valence-electron chi connectivity index (χ3n) is 4.20. The van der Waals surface area contributed by atoms with E-state index < -0.39 is 5.91 Å². The summed E-state index contributed by atoms with van der Waals surface area (Å²) in [4.78, 5) is 29.5. The van der Waals surface area contributed by atoms with Gasteiger partial charge in [-0.15, -0.1) is 11.3 Å². The number of primary amides is 1. The first kappa shape index (κ1) is 22.3. The Bertz CT molecular complexity index is 881. The first-order valence-corrected chi connectivity index (χ1v) is 11.5. The van der Waals surface area contributed by atoms with Gasteiger partial charge in [-0.2, -0.15) is 0 Å². The van der Waals surface area contributed by atoms with Gasteiger partial charge >= 0.3 is 0 Å². The minimum absolute atomic E-state index is 0.0817. The van der Waals surface area contributed by atoms with E-state index in [4.69, 9.17) is 33.7 Å². The van der Waals surface area contributed by atoms with Crippen LogP contribution in [0.5, 0.6) is 0 Å². The second kappa shape index (κ2) is 10.6. The highest BCUT2D eigenvalue weighted by molar-refractivity contribution is 8.01. The van der Waals surface area contributed by atoms with Crippen LogP contribution >= 0.6 is 46.3 Å². The molecule has 1 unspecified atom stereocenters. The number of nitrogens with zero attached hydrogens (tertiary/aromatic N) is 2. The number of carbonyl (C=O) groups excluding carboxylic acids is 2. The number of rotatable bonds is 8. The van der Waals surface area contributed by atoms with Crippen molar-refractivity contribution in [2.24, 2.45) is 5.73 Å². The minimum atomic E-state index is -0.572. The third-order valence-corrected chi connectivity index (χ3v) is 6.96. The fraction of sp³-hybridized carbons (Fsp3) is 0.389. The normalized spacial score (nSPS) is 17.2. The van der Waals surface area contributed by atoms with E-state index in [0.29, 0.717) is 34.1 Å². The van der Waals surface area contributed by atoms with Gasteiger partial charge in [-0.05, 0) is 17.7 Å². The molecule has 3 rings (SSSR count). The number of morpholine rings is 1. The number of hydrogen-bond donors (Lipinski definition) is 2. The van der Waals surface area contributed by atoms with Gasteiger partial charge in [0, 0.05) is 31.6 Å². The van der Waals surface area contributed by atoms with E-state index in [9.17, 15) is 9.59 Å². The molecule has 7 nitrogen and oxygen atoms in total. The van der Waals surface area contributed by atoms with Gasteiger partial charge in [0.05, 0.1) is 28.5 Å². The van der Waals surface area contributed by atoms with Crippen molar-refractivity contribution < 1.29 is 14.3 Å². The average molecular weight is 475 g/mol. The Morgan fingerprint density at radius 2 is 2.21 bits per heavy atom. The molecule has 0 spiro atoms. The smallest absolute Gasteiger partial charge is 0.268 e. The summed E-state index contributed by atoms with van der Waals surface area (Å²) in [5.41, 5.74) is 6.47. The van der Waals surface area contributed by atoms with Gasteiger partial charge in [-0.3, -0.25) is 14.5 Å². The van der Waals surface area contributed by atoms with Gasteiger partial charge in [0.25, 0.3) is 5.91 Å². The van der Waals surface area contributed by atoms with Crippen molar-refractivity contribution in [3.63, 3.8) is 0 Å². The molecule has 1 aromatic carbocycles. The van der Waals surface area contributed by atoms with Crippen LogP contribution in [0.15, 0.2) is 27.9 Å². The molecule has 11 heteroatoms. The minimum Gasteiger partial charge on any atom is -0.374 e. The molecule has 1 saturated heterocycles. The maximum atomic E-state index is 12.1. The van der Waals surface area contributed by atoms with Gasteiger partial charge in [0.15, 0.2) is 4.34 Å². The number of amides is 2. The van der Waals surface area contributed by atoms with E-state index >= 15 is 0 Å². The Balaban J connectivity index is 1.40. The molecule has 0 saturated carbocycles. The number of carbonyl (C=O) groups is 2. The number of thioether (sulfide) groups is 1. The Morgan fingerprint density at radius 1 is 1.38 bits per heavy atom. The average Bonchev–Trinajstić information content (AvgIpc) is 3.17. The number of aromatic nitrogens is 1. The molecule has 2 heterocycles. The number of thiazole rings is 1. The molecule has 2 aromatic rings. The number of hydrogen-bond acceptors (Lipinski definition) is 7. The number of nitrogens with two attached hydrogens (primary N) is 1.